The second-order valence-corrected chi connectivity index (χ2v) is 5.82. The lowest BCUT2D eigenvalue weighted by molar-refractivity contribution is 0.231. The van der Waals surface area contributed by atoms with Crippen LogP contribution in [0.15, 0.2) is 12.4 Å². The van der Waals surface area contributed by atoms with Crippen LogP contribution in [0.1, 0.15) is 33.6 Å². The van der Waals surface area contributed by atoms with E-state index in [0.29, 0.717) is 11.3 Å². The Bertz CT molecular complexity index is 402. The summed E-state index contributed by atoms with van der Waals surface area (Å²) >= 11 is 0. The Kier molecular flexibility index (Phi) is 4.58. The molecule has 0 atom stereocenters. The molecule has 0 aromatic carbocycles. The Hall–Kier alpha value is -1.36. The molecule has 0 radical (unpaired) electrons. The van der Waals surface area contributed by atoms with Crippen molar-refractivity contribution in [3.05, 3.63) is 12.4 Å². The smallest absolute Gasteiger partial charge is 0.234 e. The van der Waals surface area contributed by atoms with Crippen LogP contribution in [0.25, 0.3) is 0 Å². The van der Waals surface area contributed by atoms with Crippen molar-refractivity contribution in [2.45, 2.75) is 39.7 Å². The second kappa shape index (κ2) is 6.19. The Morgan fingerprint density at radius 2 is 2.11 bits per heavy atom. The molecule has 5 nitrogen and oxygen atoms in total. The average molecular weight is 264 g/mol. The minimum Gasteiger partial charge on any atom is -0.474 e. The molecule has 0 bridgehead atoms. The van der Waals surface area contributed by atoms with Gasteiger partial charge in [0, 0.05) is 6.54 Å². The summed E-state index contributed by atoms with van der Waals surface area (Å²) in [6.07, 6.45) is 5.90. The molecule has 0 aliphatic carbocycles. The summed E-state index contributed by atoms with van der Waals surface area (Å²) in [5.41, 5.74) is 0.335. The van der Waals surface area contributed by atoms with Gasteiger partial charge in [0.05, 0.1) is 18.5 Å². The molecule has 106 valence electrons. The van der Waals surface area contributed by atoms with Crippen LogP contribution < -0.4 is 15.4 Å². The standard InChI is InChI=1S/C14H24N4O/c1-11(2)19-13-9-16-8-12(18-13)17-10-14(3)4-6-15-7-5-14/h8-9,11,15H,4-7,10H2,1-3H3,(H,17,18). The fraction of sp³-hybridized carbons (Fsp3) is 0.714. The Balaban J connectivity index is 1.91. The number of nitrogens with zero attached hydrogens (tertiary/aromatic N) is 2. The molecule has 0 spiro atoms. The van der Waals surface area contributed by atoms with Crippen LogP contribution in [0.2, 0.25) is 0 Å². The van der Waals surface area contributed by atoms with Crippen molar-refractivity contribution >= 4 is 5.82 Å². The van der Waals surface area contributed by atoms with Gasteiger partial charge < -0.3 is 15.4 Å². The highest BCUT2D eigenvalue weighted by Crippen LogP contribution is 2.28. The summed E-state index contributed by atoms with van der Waals surface area (Å²) in [5.74, 6) is 1.37. The van der Waals surface area contributed by atoms with Gasteiger partial charge >= 0.3 is 0 Å². The zero-order valence-electron chi connectivity index (χ0n) is 12.1. The maximum atomic E-state index is 5.55. The Morgan fingerprint density at radius 3 is 2.79 bits per heavy atom. The van der Waals surface area contributed by atoms with E-state index in [1.807, 2.05) is 13.8 Å². The van der Waals surface area contributed by atoms with Gasteiger partial charge in [-0.2, -0.15) is 4.98 Å². The van der Waals surface area contributed by atoms with Gasteiger partial charge in [-0.25, -0.2) is 0 Å². The molecular weight excluding hydrogens is 240 g/mol. The molecule has 1 saturated heterocycles. The first kappa shape index (κ1) is 14.1. The Morgan fingerprint density at radius 1 is 1.37 bits per heavy atom. The molecule has 2 heterocycles. The van der Waals surface area contributed by atoms with Crippen molar-refractivity contribution in [2.75, 3.05) is 25.0 Å². The molecule has 0 unspecified atom stereocenters. The van der Waals surface area contributed by atoms with Crippen molar-refractivity contribution in [3.8, 4) is 5.88 Å². The van der Waals surface area contributed by atoms with Gasteiger partial charge in [-0.1, -0.05) is 6.92 Å². The molecule has 2 N–H and O–H groups in total. The molecule has 19 heavy (non-hydrogen) atoms. The first-order valence-electron chi connectivity index (χ1n) is 7.01. The number of hydrogen-bond donors (Lipinski definition) is 2. The predicted octanol–water partition coefficient (Wildman–Crippen LogP) is 2.07. The van der Waals surface area contributed by atoms with E-state index < -0.39 is 0 Å². The van der Waals surface area contributed by atoms with E-state index in [4.69, 9.17) is 4.74 Å². The fourth-order valence-electron chi connectivity index (χ4n) is 2.24. The van der Waals surface area contributed by atoms with Crippen molar-refractivity contribution in [3.63, 3.8) is 0 Å². The molecule has 5 heteroatoms. The van der Waals surface area contributed by atoms with Gasteiger partial charge in [0.25, 0.3) is 0 Å². The minimum atomic E-state index is 0.117. The van der Waals surface area contributed by atoms with Gasteiger partial charge in [0.2, 0.25) is 5.88 Å². The number of rotatable bonds is 5. The number of ether oxygens (including phenoxy) is 1. The van der Waals surface area contributed by atoms with Crippen molar-refractivity contribution in [1.82, 2.24) is 15.3 Å². The third-order valence-electron chi connectivity index (χ3n) is 3.48. The van der Waals surface area contributed by atoms with Crippen LogP contribution in [0.4, 0.5) is 5.82 Å². The lowest BCUT2D eigenvalue weighted by atomic mass is 9.81. The van der Waals surface area contributed by atoms with E-state index in [1.54, 1.807) is 12.4 Å². The molecule has 0 saturated carbocycles. The molecule has 0 amide bonds. The highest BCUT2D eigenvalue weighted by atomic mass is 16.5. The number of piperidine rings is 1. The van der Waals surface area contributed by atoms with Crippen molar-refractivity contribution in [2.24, 2.45) is 5.41 Å². The van der Waals surface area contributed by atoms with Crippen LogP contribution in [0.5, 0.6) is 5.88 Å². The third kappa shape index (κ3) is 4.35. The van der Waals surface area contributed by atoms with E-state index in [1.165, 1.54) is 12.8 Å². The number of nitrogens with one attached hydrogen (secondary N) is 2. The number of hydrogen-bond acceptors (Lipinski definition) is 5. The normalized spacial score (nSPS) is 18.3. The van der Waals surface area contributed by atoms with Gasteiger partial charge in [-0.15, -0.1) is 0 Å². The summed E-state index contributed by atoms with van der Waals surface area (Å²) in [7, 11) is 0. The quantitative estimate of drug-likeness (QED) is 0.852. The molecule has 2 rings (SSSR count). The molecule has 1 aromatic rings. The van der Waals surface area contributed by atoms with E-state index in [2.05, 4.69) is 27.5 Å². The summed E-state index contributed by atoms with van der Waals surface area (Å²) in [6, 6.07) is 0. The number of anilines is 1. The Labute approximate surface area is 115 Å². The van der Waals surface area contributed by atoms with Gasteiger partial charge in [0.15, 0.2) is 0 Å². The topological polar surface area (TPSA) is 59.1 Å². The summed E-state index contributed by atoms with van der Waals surface area (Å²) in [6.45, 7) is 9.41. The highest BCUT2D eigenvalue weighted by molar-refractivity contribution is 5.33. The summed E-state index contributed by atoms with van der Waals surface area (Å²) < 4.78 is 5.55. The maximum absolute atomic E-state index is 5.55. The van der Waals surface area contributed by atoms with Crippen molar-refractivity contribution in [1.29, 1.82) is 0 Å². The number of aromatic nitrogens is 2. The second-order valence-electron chi connectivity index (χ2n) is 5.82. The van der Waals surface area contributed by atoms with Crippen LogP contribution in [0.3, 0.4) is 0 Å². The van der Waals surface area contributed by atoms with E-state index in [-0.39, 0.29) is 6.10 Å². The van der Waals surface area contributed by atoms with E-state index in [9.17, 15) is 0 Å². The largest absolute Gasteiger partial charge is 0.474 e. The molecule has 1 fully saturated rings. The molecule has 1 aromatic heterocycles. The van der Waals surface area contributed by atoms with Gasteiger partial charge in [0.1, 0.15) is 5.82 Å². The van der Waals surface area contributed by atoms with E-state index >= 15 is 0 Å². The lowest BCUT2D eigenvalue weighted by Crippen LogP contribution is -2.39. The van der Waals surface area contributed by atoms with Crippen LogP contribution >= 0.6 is 0 Å². The minimum absolute atomic E-state index is 0.117. The monoisotopic (exact) mass is 264 g/mol. The van der Waals surface area contributed by atoms with Crippen LogP contribution in [-0.4, -0.2) is 35.7 Å². The van der Waals surface area contributed by atoms with Gasteiger partial charge in [-0.3, -0.25) is 4.98 Å². The van der Waals surface area contributed by atoms with Gasteiger partial charge in [-0.05, 0) is 45.2 Å². The summed E-state index contributed by atoms with van der Waals surface area (Å²) in [5, 5.41) is 6.78. The predicted molar refractivity (Wildman–Crippen MR) is 76.5 cm³/mol. The van der Waals surface area contributed by atoms with Crippen molar-refractivity contribution < 1.29 is 4.74 Å². The van der Waals surface area contributed by atoms with Crippen LogP contribution in [0, 0.1) is 5.41 Å². The lowest BCUT2D eigenvalue weighted by Gasteiger charge is -2.34. The first-order valence-corrected chi connectivity index (χ1v) is 7.01. The fourth-order valence-corrected chi connectivity index (χ4v) is 2.24. The first-order chi connectivity index (χ1) is 9.07. The maximum Gasteiger partial charge on any atom is 0.234 e. The zero-order chi connectivity index (χ0) is 13.7. The SMILES string of the molecule is CC(C)Oc1cncc(NCC2(C)CCNCC2)n1. The van der Waals surface area contributed by atoms with Crippen LogP contribution in [-0.2, 0) is 0 Å². The zero-order valence-corrected chi connectivity index (χ0v) is 12.1. The highest BCUT2D eigenvalue weighted by Gasteiger charge is 2.26. The molecule has 1 aliphatic heterocycles. The third-order valence-corrected chi connectivity index (χ3v) is 3.48. The van der Waals surface area contributed by atoms with E-state index in [0.717, 1.165) is 25.5 Å². The summed E-state index contributed by atoms with van der Waals surface area (Å²) in [4.78, 5) is 8.58. The molecular formula is C14H24N4O. The molecule has 1 aliphatic rings. The average Bonchev–Trinajstić information content (AvgIpc) is 2.37.